The molecule has 2 heteroatoms. The zero-order valence-corrected chi connectivity index (χ0v) is 10.7. The average Bonchev–Trinajstić information content (AvgIpc) is 2.32. The number of halogens is 1. The van der Waals surface area contributed by atoms with Crippen LogP contribution in [-0.2, 0) is 0 Å². The second kappa shape index (κ2) is 5.52. The quantitative estimate of drug-likeness (QED) is 0.816. The third-order valence-electron chi connectivity index (χ3n) is 3.89. The van der Waals surface area contributed by atoms with Gasteiger partial charge in [-0.25, -0.2) is 4.39 Å². The minimum atomic E-state index is -0.138. The minimum Gasteiger partial charge on any atom is -0.380 e. The van der Waals surface area contributed by atoms with Gasteiger partial charge in [-0.05, 0) is 36.8 Å². The first-order valence-corrected chi connectivity index (χ1v) is 6.69. The molecule has 0 spiro atoms. The van der Waals surface area contributed by atoms with Crippen LogP contribution in [0, 0.1) is 17.7 Å². The largest absolute Gasteiger partial charge is 0.380 e. The van der Waals surface area contributed by atoms with Gasteiger partial charge in [-0.3, -0.25) is 0 Å². The molecule has 17 heavy (non-hydrogen) atoms. The minimum absolute atomic E-state index is 0.138. The number of hydrogen-bond acceptors (Lipinski definition) is 1. The van der Waals surface area contributed by atoms with E-state index in [4.69, 9.17) is 0 Å². The van der Waals surface area contributed by atoms with Crippen molar-refractivity contribution in [3.63, 3.8) is 0 Å². The maximum atomic E-state index is 13.6. The summed E-state index contributed by atoms with van der Waals surface area (Å²) in [5, 5.41) is 3.41. The lowest BCUT2D eigenvalue weighted by Crippen LogP contribution is -2.35. The van der Waals surface area contributed by atoms with E-state index in [0.717, 1.165) is 6.42 Å². The number of rotatable bonds is 3. The molecule has 1 aliphatic rings. The summed E-state index contributed by atoms with van der Waals surface area (Å²) in [5.74, 6) is 1.20. The molecule has 0 heterocycles. The van der Waals surface area contributed by atoms with E-state index in [9.17, 15) is 4.39 Å². The summed E-state index contributed by atoms with van der Waals surface area (Å²) in [4.78, 5) is 0. The van der Waals surface area contributed by atoms with Crippen molar-refractivity contribution in [1.82, 2.24) is 0 Å². The standard InChI is InChI=1S/C15H22FN/c1-11(2)12-7-3-5-9-14(12)17-15-10-6-4-8-13(15)16/h4,6,8,10-12,14,17H,3,5,7,9H2,1-2H3. The molecule has 1 aliphatic carbocycles. The van der Waals surface area contributed by atoms with Crippen molar-refractivity contribution in [2.45, 2.75) is 45.6 Å². The molecule has 1 saturated carbocycles. The van der Waals surface area contributed by atoms with Crippen molar-refractivity contribution in [2.75, 3.05) is 5.32 Å². The van der Waals surface area contributed by atoms with Crippen LogP contribution in [0.3, 0.4) is 0 Å². The van der Waals surface area contributed by atoms with Crippen molar-refractivity contribution < 1.29 is 4.39 Å². The molecule has 2 unspecified atom stereocenters. The van der Waals surface area contributed by atoms with E-state index in [2.05, 4.69) is 19.2 Å². The Morgan fingerprint density at radius 3 is 2.59 bits per heavy atom. The van der Waals surface area contributed by atoms with Gasteiger partial charge in [-0.2, -0.15) is 0 Å². The normalized spacial score (nSPS) is 24.9. The molecule has 0 amide bonds. The number of para-hydroxylation sites is 1. The molecule has 2 rings (SSSR count). The van der Waals surface area contributed by atoms with Crippen molar-refractivity contribution >= 4 is 5.69 Å². The van der Waals surface area contributed by atoms with E-state index in [1.54, 1.807) is 6.07 Å². The van der Waals surface area contributed by atoms with Gasteiger partial charge in [0.25, 0.3) is 0 Å². The molecular weight excluding hydrogens is 213 g/mol. The lowest BCUT2D eigenvalue weighted by Gasteiger charge is -2.35. The molecular formula is C15H22FN. The van der Waals surface area contributed by atoms with Gasteiger partial charge < -0.3 is 5.32 Å². The van der Waals surface area contributed by atoms with Crippen LogP contribution in [0.25, 0.3) is 0 Å². The van der Waals surface area contributed by atoms with E-state index in [1.165, 1.54) is 25.3 Å². The summed E-state index contributed by atoms with van der Waals surface area (Å²) in [5.41, 5.74) is 0.657. The molecule has 1 N–H and O–H groups in total. The van der Waals surface area contributed by atoms with Crippen molar-refractivity contribution in [3.05, 3.63) is 30.1 Å². The highest BCUT2D eigenvalue weighted by Crippen LogP contribution is 2.32. The van der Waals surface area contributed by atoms with Gasteiger partial charge in [-0.15, -0.1) is 0 Å². The van der Waals surface area contributed by atoms with Gasteiger partial charge in [0.05, 0.1) is 5.69 Å². The van der Waals surface area contributed by atoms with Crippen LogP contribution < -0.4 is 5.32 Å². The Bertz CT molecular complexity index is 362. The second-order valence-electron chi connectivity index (χ2n) is 5.42. The smallest absolute Gasteiger partial charge is 0.146 e. The van der Waals surface area contributed by atoms with Crippen LogP contribution >= 0.6 is 0 Å². The van der Waals surface area contributed by atoms with Gasteiger partial charge in [0, 0.05) is 6.04 Å². The Balaban J connectivity index is 2.08. The van der Waals surface area contributed by atoms with Crippen LogP contribution in [-0.4, -0.2) is 6.04 Å². The van der Waals surface area contributed by atoms with Crippen LogP contribution in [0.1, 0.15) is 39.5 Å². The van der Waals surface area contributed by atoms with Crippen molar-refractivity contribution in [1.29, 1.82) is 0 Å². The number of hydrogen-bond donors (Lipinski definition) is 1. The molecule has 0 aliphatic heterocycles. The zero-order valence-electron chi connectivity index (χ0n) is 10.7. The first-order valence-electron chi connectivity index (χ1n) is 6.69. The molecule has 1 aromatic carbocycles. The van der Waals surface area contributed by atoms with Gasteiger partial charge in [0.1, 0.15) is 5.82 Å². The van der Waals surface area contributed by atoms with E-state index < -0.39 is 0 Å². The Kier molecular flexibility index (Phi) is 4.03. The average molecular weight is 235 g/mol. The molecule has 1 aromatic rings. The van der Waals surface area contributed by atoms with Gasteiger partial charge in [0.15, 0.2) is 0 Å². The predicted molar refractivity (Wildman–Crippen MR) is 70.6 cm³/mol. The Labute approximate surface area is 103 Å². The maximum Gasteiger partial charge on any atom is 0.146 e. The lowest BCUT2D eigenvalue weighted by molar-refractivity contribution is 0.253. The fourth-order valence-corrected chi connectivity index (χ4v) is 2.91. The molecule has 0 radical (unpaired) electrons. The molecule has 1 nitrogen and oxygen atoms in total. The van der Waals surface area contributed by atoms with Crippen LogP contribution in [0.2, 0.25) is 0 Å². The highest BCUT2D eigenvalue weighted by molar-refractivity contribution is 5.45. The summed E-state index contributed by atoms with van der Waals surface area (Å²) in [6.07, 6.45) is 5.01. The summed E-state index contributed by atoms with van der Waals surface area (Å²) in [6, 6.07) is 7.41. The SMILES string of the molecule is CC(C)C1CCCCC1Nc1ccccc1F. The topological polar surface area (TPSA) is 12.0 Å². The first-order chi connectivity index (χ1) is 8.18. The zero-order chi connectivity index (χ0) is 12.3. The molecule has 0 saturated heterocycles. The van der Waals surface area contributed by atoms with Crippen LogP contribution in [0.4, 0.5) is 10.1 Å². The van der Waals surface area contributed by atoms with E-state index in [-0.39, 0.29) is 5.82 Å². The summed E-state index contributed by atoms with van der Waals surface area (Å²) in [7, 11) is 0. The van der Waals surface area contributed by atoms with Gasteiger partial charge in [-0.1, -0.05) is 38.8 Å². The number of benzene rings is 1. The third-order valence-corrected chi connectivity index (χ3v) is 3.89. The predicted octanol–water partition coefficient (Wildman–Crippen LogP) is 4.45. The highest BCUT2D eigenvalue weighted by atomic mass is 19.1. The molecule has 94 valence electrons. The lowest BCUT2D eigenvalue weighted by atomic mass is 9.78. The summed E-state index contributed by atoms with van der Waals surface area (Å²) >= 11 is 0. The Hall–Kier alpha value is -1.05. The van der Waals surface area contributed by atoms with Crippen molar-refractivity contribution in [2.24, 2.45) is 11.8 Å². The van der Waals surface area contributed by atoms with Crippen LogP contribution in [0.15, 0.2) is 24.3 Å². The van der Waals surface area contributed by atoms with Crippen LogP contribution in [0.5, 0.6) is 0 Å². The first kappa shape index (κ1) is 12.4. The molecule has 1 fully saturated rings. The fourth-order valence-electron chi connectivity index (χ4n) is 2.91. The Morgan fingerprint density at radius 2 is 1.88 bits per heavy atom. The van der Waals surface area contributed by atoms with Gasteiger partial charge >= 0.3 is 0 Å². The van der Waals surface area contributed by atoms with Gasteiger partial charge in [0.2, 0.25) is 0 Å². The Morgan fingerprint density at radius 1 is 1.18 bits per heavy atom. The molecule has 0 aromatic heterocycles. The van der Waals surface area contributed by atoms with E-state index >= 15 is 0 Å². The third kappa shape index (κ3) is 2.99. The van der Waals surface area contributed by atoms with E-state index in [0.29, 0.717) is 23.6 Å². The number of nitrogens with one attached hydrogen (secondary N) is 1. The van der Waals surface area contributed by atoms with E-state index in [1.807, 2.05) is 12.1 Å². The monoisotopic (exact) mass is 235 g/mol. The molecule has 0 bridgehead atoms. The molecule has 2 atom stereocenters. The number of anilines is 1. The van der Waals surface area contributed by atoms with Crippen molar-refractivity contribution in [3.8, 4) is 0 Å². The maximum absolute atomic E-state index is 13.6. The second-order valence-corrected chi connectivity index (χ2v) is 5.42. The highest BCUT2D eigenvalue weighted by Gasteiger charge is 2.27. The summed E-state index contributed by atoms with van der Waals surface area (Å²) < 4.78 is 13.6. The fraction of sp³-hybridized carbons (Fsp3) is 0.600. The summed E-state index contributed by atoms with van der Waals surface area (Å²) in [6.45, 7) is 4.54.